The number of carboxylic acids is 1. The molecule has 1 aliphatic rings. The van der Waals surface area contributed by atoms with E-state index in [1.807, 2.05) is 45.0 Å². The molecule has 110 valence electrons. The van der Waals surface area contributed by atoms with E-state index in [1.54, 1.807) is 0 Å². The van der Waals surface area contributed by atoms with Crippen LogP contribution in [0.3, 0.4) is 0 Å². The summed E-state index contributed by atoms with van der Waals surface area (Å²) >= 11 is 0. The molecule has 4 unspecified atom stereocenters. The van der Waals surface area contributed by atoms with Crippen LogP contribution in [0, 0.1) is 24.7 Å². The number of aryl methyl sites for hydroxylation is 1. The Hall–Kier alpha value is -1.35. The molecule has 0 aromatic heterocycles. The SMILES string of the molecule is CCC1C(C)C(C(=O)O)CCC1(O)c1cccc(C)c1. The van der Waals surface area contributed by atoms with Crippen LogP contribution >= 0.6 is 0 Å². The molecule has 0 bridgehead atoms. The van der Waals surface area contributed by atoms with Gasteiger partial charge in [-0.2, -0.15) is 0 Å². The van der Waals surface area contributed by atoms with Crippen LogP contribution in [0.1, 0.15) is 44.2 Å². The summed E-state index contributed by atoms with van der Waals surface area (Å²) in [5, 5.41) is 20.5. The van der Waals surface area contributed by atoms with Crippen molar-refractivity contribution in [2.75, 3.05) is 0 Å². The summed E-state index contributed by atoms with van der Waals surface area (Å²) in [6.07, 6.45) is 1.85. The molecular weight excluding hydrogens is 252 g/mol. The first-order valence-corrected chi connectivity index (χ1v) is 7.42. The van der Waals surface area contributed by atoms with Crippen LogP contribution in [0.25, 0.3) is 0 Å². The molecule has 0 spiro atoms. The Labute approximate surface area is 120 Å². The summed E-state index contributed by atoms with van der Waals surface area (Å²) in [7, 11) is 0. The summed E-state index contributed by atoms with van der Waals surface area (Å²) in [4.78, 5) is 11.3. The second kappa shape index (κ2) is 5.57. The van der Waals surface area contributed by atoms with E-state index in [1.165, 1.54) is 0 Å². The van der Waals surface area contributed by atoms with Crippen molar-refractivity contribution in [2.24, 2.45) is 17.8 Å². The zero-order valence-corrected chi connectivity index (χ0v) is 12.5. The lowest BCUT2D eigenvalue weighted by Crippen LogP contribution is -2.47. The Morgan fingerprint density at radius 3 is 2.70 bits per heavy atom. The lowest BCUT2D eigenvalue weighted by molar-refractivity contribution is -0.154. The van der Waals surface area contributed by atoms with Gasteiger partial charge in [0.25, 0.3) is 0 Å². The van der Waals surface area contributed by atoms with Crippen LogP contribution in [-0.2, 0) is 10.4 Å². The third kappa shape index (κ3) is 2.47. The van der Waals surface area contributed by atoms with Crippen molar-refractivity contribution < 1.29 is 15.0 Å². The van der Waals surface area contributed by atoms with Gasteiger partial charge in [-0.25, -0.2) is 0 Å². The molecule has 20 heavy (non-hydrogen) atoms. The van der Waals surface area contributed by atoms with Crippen LogP contribution in [-0.4, -0.2) is 16.2 Å². The molecule has 1 fully saturated rings. The van der Waals surface area contributed by atoms with Gasteiger partial charge < -0.3 is 10.2 Å². The third-order valence-electron chi connectivity index (χ3n) is 4.99. The van der Waals surface area contributed by atoms with E-state index < -0.39 is 11.6 Å². The molecule has 2 rings (SSSR count). The summed E-state index contributed by atoms with van der Waals surface area (Å²) < 4.78 is 0. The van der Waals surface area contributed by atoms with Crippen molar-refractivity contribution in [1.82, 2.24) is 0 Å². The number of carboxylic acid groups (broad SMARTS) is 1. The third-order valence-corrected chi connectivity index (χ3v) is 4.99. The van der Waals surface area contributed by atoms with Crippen molar-refractivity contribution in [3.63, 3.8) is 0 Å². The molecule has 1 aromatic rings. The number of rotatable bonds is 3. The minimum absolute atomic E-state index is 0.0147. The topological polar surface area (TPSA) is 57.5 Å². The minimum Gasteiger partial charge on any atom is -0.481 e. The molecule has 2 N–H and O–H groups in total. The fourth-order valence-corrected chi connectivity index (χ4v) is 3.87. The zero-order valence-electron chi connectivity index (χ0n) is 12.5. The number of aliphatic hydroxyl groups is 1. The first-order chi connectivity index (χ1) is 9.40. The van der Waals surface area contributed by atoms with Gasteiger partial charge in [0.2, 0.25) is 0 Å². The van der Waals surface area contributed by atoms with Crippen molar-refractivity contribution in [1.29, 1.82) is 0 Å². The fourth-order valence-electron chi connectivity index (χ4n) is 3.87. The molecule has 4 atom stereocenters. The molecule has 0 radical (unpaired) electrons. The molecule has 0 aliphatic heterocycles. The van der Waals surface area contributed by atoms with Gasteiger partial charge in [0.05, 0.1) is 11.5 Å². The Balaban J connectivity index is 2.38. The average molecular weight is 276 g/mol. The van der Waals surface area contributed by atoms with E-state index in [-0.39, 0.29) is 17.8 Å². The van der Waals surface area contributed by atoms with E-state index in [9.17, 15) is 15.0 Å². The molecule has 3 nitrogen and oxygen atoms in total. The molecule has 1 aromatic carbocycles. The van der Waals surface area contributed by atoms with Gasteiger partial charge in [-0.15, -0.1) is 0 Å². The van der Waals surface area contributed by atoms with Crippen LogP contribution in [0.2, 0.25) is 0 Å². The number of carbonyl (C=O) groups is 1. The van der Waals surface area contributed by atoms with Gasteiger partial charge in [-0.3, -0.25) is 4.79 Å². The summed E-state index contributed by atoms with van der Waals surface area (Å²) in [6.45, 7) is 6.01. The van der Waals surface area contributed by atoms with Gasteiger partial charge >= 0.3 is 5.97 Å². The van der Waals surface area contributed by atoms with Gasteiger partial charge in [-0.05, 0) is 43.6 Å². The van der Waals surface area contributed by atoms with Crippen LogP contribution in [0.5, 0.6) is 0 Å². The van der Waals surface area contributed by atoms with E-state index in [0.717, 1.165) is 17.5 Å². The normalized spacial score (nSPS) is 33.9. The highest BCUT2D eigenvalue weighted by atomic mass is 16.4. The highest BCUT2D eigenvalue weighted by Gasteiger charge is 2.48. The Morgan fingerprint density at radius 1 is 1.45 bits per heavy atom. The molecule has 3 heteroatoms. The monoisotopic (exact) mass is 276 g/mol. The predicted molar refractivity (Wildman–Crippen MR) is 78.4 cm³/mol. The van der Waals surface area contributed by atoms with E-state index in [0.29, 0.717) is 12.8 Å². The maximum Gasteiger partial charge on any atom is 0.306 e. The van der Waals surface area contributed by atoms with Gasteiger partial charge in [-0.1, -0.05) is 43.7 Å². The quantitative estimate of drug-likeness (QED) is 0.890. The lowest BCUT2D eigenvalue weighted by Gasteiger charge is -2.46. The summed E-state index contributed by atoms with van der Waals surface area (Å²) in [5.41, 5.74) is 1.16. The Bertz CT molecular complexity index is 497. The summed E-state index contributed by atoms with van der Waals surface area (Å²) in [5.74, 6) is -1.11. The maximum atomic E-state index is 11.3. The smallest absolute Gasteiger partial charge is 0.306 e. The molecule has 1 aliphatic carbocycles. The van der Waals surface area contributed by atoms with Gasteiger partial charge in [0.15, 0.2) is 0 Å². The first kappa shape index (κ1) is 15.0. The van der Waals surface area contributed by atoms with Crippen LogP contribution in [0.4, 0.5) is 0 Å². The summed E-state index contributed by atoms with van der Waals surface area (Å²) in [6, 6.07) is 7.96. The lowest BCUT2D eigenvalue weighted by atomic mass is 9.61. The van der Waals surface area contributed by atoms with Gasteiger partial charge in [0.1, 0.15) is 0 Å². The number of benzene rings is 1. The van der Waals surface area contributed by atoms with Crippen LogP contribution in [0.15, 0.2) is 24.3 Å². The number of aliphatic carboxylic acids is 1. The number of hydrogen-bond acceptors (Lipinski definition) is 2. The van der Waals surface area contributed by atoms with E-state index >= 15 is 0 Å². The van der Waals surface area contributed by atoms with Crippen molar-refractivity contribution in [2.45, 2.75) is 45.6 Å². The highest BCUT2D eigenvalue weighted by Crippen LogP contribution is 2.48. The van der Waals surface area contributed by atoms with Gasteiger partial charge in [0, 0.05) is 0 Å². The molecule has 1 saturated carbocycles. The van der Waals surface area contributed by atoms with Crippen molar-refractivity contribution in [3.05, 3.63) is 35.4 Å². The molecule has 0 heterocycles. The number of hydrogen-bond donors (Lipinski definition) is 2. The molecule has 0 saturated heterocycles. The zero-order chi connectivity index (χ0) is 14.9. The van der Waals surface area contributed by atoms with Crippen molar-refractivity contribution in [3.8, 4) is 0 Å². The minimum atomic E-state index is -0.897. The standard InChI is InChI=1S/C17H24O3/c1-4-15-12(3)14(16(18)19)8-9-17(15,20)13-7-5-6-11(2)10-13/h5-7,10,12,14-15,20H,4,8-9H2,1-3H3,(H,18,19). The van der Waals surface area contributed by atoms with E-state index in [2.05, 4.69) is 0 Å². The predicted octanol–water partition coefficient (Wildman–Crippen LogP) is 3.34. The first-order valence-electron chi connectivity index (χ1n) is 7.42. The molecular formula is C17H24O3. The second-order valence-electron chi connectivity index (χ2n) is 6.15. The van der Waals surface area contributed by atoms with Crippen molar-refractivity contribution >= 4 is 5.97 Å². The maximum absolute atomic E-state index is 11.3. The fraction of sp³-hybridized carbons (Fsp3) is 0.588. The Morgan fingerprint density at radius 2 is 2.15 bits per heavy atom. The second-order valence-corrected chi connectivity index (χ2v) is 6.15. The average Bonchev–Trinajstić information content (AvgIpc) is 2.38. The largest absolute Gasteiger partial charge is 0.481 e. The molecule has 0 amide bonds. The van der Waals surface area contributed by atoms with Crippen LogP contribution < -0.4 is 0 Å². The highest BCUT2D eigenvalue weighted by molar-refractivity contribution is 5.70. The van der Waals surface area contributed by atoms with E-state index in [4.69, 9.17) is 0 Å². The Kier molecular flexibility index (Phi) is 4.19.